The molecule has 9 heteroatoms. The Morgan fingerprint density at radius 3 is 2.43 bits per heavy atom. The quantitative estimate of drug-likeness (QED) is 0.500. The molecule has 1 rings (SSSR count). The number of aromatic nitrogens is 2. The first-order valence-electron chi connectivity index (χ1n) is 6.28. The zero-order chi connectivity index (χ0) is 16.4. The number of carbonyl (C=O) groups excluding carboxylic acids is 1. The van der Waals surface area contributed by atoms with Gasteiger partial charge in [-0.15, -0.1) is 0 Å². The number of rotatable bonds is 4. The molecule has 0 bridgehead atoms. The second kappa shape index (κ2) is 6.21. The number of hydrogen-bond donors (Lipinski definition) is 2. The Balaban J connectivity index is 3.02. The molecule has 0 spiro atoms. The van der Waals surface area contributed by atoms with Crippen LogP contribution in [0.2, 0.25) is 5.28 Å². The zero-order valence-corrected chi connectivity index (χ0v) is 13.3. The Labute approximate surface area is 127 Å². The number of nitrogens with zero attached hydrogens (tertiary/aromatic N) is 3. The Hall–Kier alpha value is -1.96. The Morgan fingerprint density at radius 2 is 1.95 bits per heavy atom. The lowest BCUT2D eigenvalue weighted by atomic mass is 10.1. The van der Waals surface area contributed by atoms with E-state index in [9.17, 15) is 14.9 Å². The monoisotopic (exact) mass is 315 g/mol. The number of hydrogen-bond acceptors (Lipinski definition) is 6. The van der Waals surface area contributed by atoms with Crippen molar-refractivity contribution in [3.05, 3.63) is 21.1 Å². The van der Waals surface area contributed by atoms with Crippen LogP contribution in [-0.4, -0.2) is 32.4 Å². The molecule has 0 fully saturated rings. The Morgan fingerprint density at radius 1 is 1.38 bits per heavy atom. The van der Waals surface area contributed by atoms with Crippen LogP contribution in [0, 0.1) is 17.0 Å². The smallest absolute Gasteiger partial charge is 0.332 e. The summed E-state index contributed by atoms with van der Waals surface area (Å²) in [4.78, 5) is 30.0. The van der Waals surface area contributed by atoms with E-state index in [0.717, 1.165) is 0 Å². The van der Waals surface area contributed by atoms with E-state index in [1.165, 1.54) is 6.92 Å². The maximum atomic E-state index is 12.0. The SMILES string of the molecule is Cc1nc(Cl)nc(NC(C)C(=O)NC(C)(C)C)c1[N+](=O)[O-]. The van der Waals surface area contributed by atoms with Crippen LogP contribution in [0.1, 0.15) is 33.4 Å². The largest absolute Gasteiger partial charge is 0.353 e. The first-order valence-corrected chi connectivity index (χ1v) is 6.66. The molecule has 1 amide bonds. The Kier molecular flexibility index (Phi) is 5.06. The van der Waals surface area contributed by atoms with Gasteiger partial charge in [-0.2, -0.15) is 4.98 Å². The molecule has 116 valence electrons. The second-order valence-electron chi connectivity index (χ2n) is 5.64. The maximum absolute atomic E-state index is 12.0. The molecule has 2 N–H and O–H groups in total. The Bertz CT molecular complexity index is 571. The molecule has 0 aliphatic rings. The topological polar surface area (TPSA) is 110 Å². The summed E-state index contributed by atoms with van der Waals surface area (Å²) in [6.07, 6.45) is 0. The third-order valence-corrected chi connectivity index (χ3v) is 2.63. The van der Waals surface area contributed by atoms with E-state index in [0.29, 0.717) is 0 Å². The van der Waals surface area contributed by atoms with Gasteiger partial charge in [0.05, 0.1) is 4.92 Å². The standard InChI is InChI=1S/C12H18ClN5O3/c1-6-8(18(20)21)9(16-11(13)15-6)14-7(2)10(19)17-12(3,4)5/h7H,1-5H3,(H,17,19)(H,14,15,16). The van der Waals surface area contributed by atoms with E-state index in [2.05, 4.69) is 20.6 Å². The van der Waals surface area contributed by atoms with Crippen LogP contribution in [-0.2, 0) is 4.79 Å². The van der Waals surface area contributed by atoms with Crippen molar-refractivity contribution in [3.63, 3.8) is 0 Å². The molecule has 0 aromatic carbocycles. The minimum absolute atomic E-state index is 0.0749. The third-order valence-electron chi connectivity index (χ3n) is 2.46. The molecule has 0 saturated heterocycles. The second-order valence-corrected chi connectivity index (χ2v) is 5.98. The summed E-state index contributed by atoms with van der Waals surface area (Å²) in [6, 6.07) is -0.715. The lowest BCUT2D eigenvalue weighted by Crippen LogP contribution is -2.47. The minimum atomic E-state index is -0.715. The van der Waals surface area contributed by atoms with E-state index in [4.69, 9.17) is 11.6 Å². The number of anilines is 1. The summed E-state index contributed by atoms with van der Waals surface area (Å²) in [6.45, 7) is 8.55. The molecule has 0 saturated carbocycles. The van der Waals surface area contributed by atoms with Gasteiger partial charge in [-0.25, -0.2) is 4.98 Å². The maximum Gasteiger partial charge on any atom is 0.332 e. The number of nitro groups is 1. The fourth-order valence-corrected chi connectivity index (χ4v) is 1.81. The molecule has 0 radical (unpaired) electrons. The van der Waals surface area contributed by atoms with Crippen LogP contribution in [0.5, 0.6) is 0 Å². The fraction of sp³-hybridized carbons (Fsp3) is 0.583. The zero-order valence-electron chi connectivity index (χ0n) is 12.5. The average molecular weight is 316 g/mol. The van der Waals surface area contributed by atoms with Gasteiger partial charge in [0.25, 0.3) is 0 Å². The molecule has 21 heavy (non-hydrogen) atoms. The highest BCUT2D eigenvalue weighted by atomic mass is 35.5. The first-order chi connectivity index (χ1) is 9.51. The summed E-state index contributed by atoms with van der Waals surface area (Å²) >= 11 is 5.71. The van der Waals surface area contributed by atoms with Gasteiger partial charge in [0.2, 0.25) is 17.0 Å². The van der Waals surface area contributed by atoms with Gasteiger partial charge in [0.15, 0.2) is 0 Å². The van der Waals surface area contributed by atoms with Crippen molar-refractivity contribution >= 4 is 29.0 Å². The van der Waals surface area contributed by atoms with E-state index in [1.807, 2.05) is 20.8 Å². The van der Waals surface area contributed by atoms with Crippen LogP contribution in [0.3, 0.4) is 0 Å². The molecule has 1 aromatic heterocycles. The van der Waals surface area contributed by atoms with Gasteiger partial charge in [0.1, 0.15) is 11.7 Å². The highest BCUT2D eigenvalue weighted by molar-refractivity contribution is 6.28. The predicted octanol–water partition coefficient (Wildman–Crippen LogP) is 2.06. The summed E-state index contributed by atoms with van der Waals surface area (Å²) in [5, 5.41) is 16.4. The molecule has 1 aromatic rings. The number of amides is 1. The average Bonchev–Trinajstić information content (AvgIpc) is 2.24. The molecular weight excluding hydrogens is 298 g/mol. The van der Waals surface area contributed by atoms with Gasteiger partial charge in [-0.05, 0) is 46.2 Å². The summed E-state index contributed by atoms with van der Waals surface area (Å²) in [5.74, 6) is -0.377. The molecule has 1 unspecified atom stereocenters. The highest BCUT2D eigenvalue weighted by Gasteiger charge is 2.26. The van der Waals surface area contributed by atoms with E-state index >= 15 is 0 Å². The van der Waals surface area contributed by atoms with Gasteiger partial charge >= 0.3 is 5.69 Å². The van der Waals surface area contributed by atoms with Gasteiger partial charge in [-0.3, -0.25) is 14.9 Å². The molecule has 0 aliphatic heterocycles. The summed E-state index contributed by atoms with van der Waals surface area (Å²) in [5.41, 5.74) is -0.571. The highest BCUT2D eigenvalue weighted by Crippen LogP contribution is 2.26. The number of carbonyl (C=O) groups is 1. The van der Waals surface area contributed by atoms with Crippen molar-refractivity contribution in [2.45, 2.75) is 46.2 Å². The molecule has 0 aliphatic carbocycles. The molecule has 8 nitrogen and oxygen atoms in total. The van der Waals surface area contributed by atoms with Crippen molar-refractivity contribution in [1.82, 2.24) is 15.3 Å². The first kappa shape index (κ1) is 17.1. The molecule has 1 atom stereocenters. The van der Waals surface area contributed by atoms with Crippen LogP contribution in [0.25, 0.3) is 0 Å². The normalized spacial score (nSPS) is 12.7. The number of halogens is 1. The van der Waals surface area contributed by atoms with Crippen molar-refractivity contribution in [2.24, 2.45) is 0 Å². The fourth-order valence-electron chi connectivity index (χ4n) is 1.60. The van der Waals surface area contributed by atoms with Crippen molar-refractivity contribution in [1.29, 1.82) is 0 Å². The van der Waals surface area contributed by atoms with Crippen LogP contribution in [0.15, 0.2) is 0 Å². The minimum Gasteiger partial charge on any atom is -0.353 e. The third kappa shape index (κ3) is 4.82. The van der Waals surface area contributed by atoms with Gasteiger partial charge in [0, 0.05) is 5.54 Å². The van der Waals surface area contributed by atoms with Crippen LogP contribution in [0.4, 0.5) is 11.5 Å². The van der Waals surface area contributed by atoms with Crippen molar-refractivity contribution < 1.29 is 9.72 Å². The van der Waals surface area contributed by atoms with Crippen molar-refractivity contribution in [3.8, 4) is 0 Å². The van der Waals surface area contributed by atoms with E-state index in [1.54, 1.807) is 6.92 Å². The van der Waals surface area contributed by atoms with Crippen molar-refractivity contribution in [2.75, 3.05) is 5.32 Å². The molecule has 1 heterocycles. The van der Waals surface area contributed by atoms with E-state index < -0.39 is 16.5 Å². The van der Waals surface area contributed by atoms with E-state index in [-0.39, 0.29) is 28.4 Å². The number of nitrogens with one attached hydrogen (secondary N) is 2. The molecular formula is C12H18ClN5O3. The van der Waals surface area contributed by atoms with Crippen LogP contribution < -0.4 is 10.6 Å². The summed E-state index contributed by atoms with van der Waals surface area (Å²) in [7, 11) is 0. The van der Waals surface area contributed by atoms with Gasteiger partial charge in [-0.1, -0.05) is 0 Å². The number of aryl methyl sites for hydroxylation is 1. The lowest BCUT2D eigenvalue weighted by molar-refractivity contribution is -0.385. The summed E-state index contributed by atoms with van der Waals surface area (Å²) < 4.78 is 0. The van der Waals surface area contributed by atoms with Gasteiger partial charge < -0.3 is 10.6 Å². The van der Waals surface area contributed by atoms with Crippen LogP contribution >= 0.6 is 11.6 Å². The lowest BCUT2D eigenvalue weighted by Gasteiger charge is -2.23. The predicted molar refractivity (Wildman–Crippen MR) is 79.4 cm³/mol.